The molecule has 0 fully saturated rings. The zero-order valence-electron chi connectivity index (χ0n) is 14.8. The maximum absolute atomic E-state index is 12.7. The summed E-state index contributed by atoms with van der Waals surface area (Å²) in [6, 6.07) is 8.17. The van der Waals surface area contributed by atoms with E-state index in [2.05, 4.69) is 10.5 Å². The minimum atomic E-state index is -0.350. The fraction of sp³-hybridized carbons (Fsp3) is 0.389. The van der Waals surface area contributed by atoms with E-state index in [0.717, 1.165) is 0 Å². The summed E-state index contributed by atoms with van der Waals surface area (Å²) >= 11 is 5.87. The van der Waals surface area contributed by atoms with Crippen molar-refractivity contribution in [3.8, 4) is 0 Å². The van der Waals surface area contributed by atoms with Gasteiger partial charge in [0.15, 0.2) is 5.82 Å². The molecule has 0 spiro atoms. The molecule has 140 valence electrons. The Bertz CT molecular complexity index is 730. The van der Waals surface area contributed by atoms with Crippen molar-refractivity contribution in [2.45, 2.75) is 20.3 Å². The highest BCUT2D eigenvalue weighted by Gasteiger charge is 2.19. The van der Waals surface area contributed by atoms with E-state index in [-0.39, 0.29) is 18.4 Å². The van der Waals surface area contributed by atoms with Gasteiger partial charge in [-0.25, -0.2) is 0 Å². The number of carbonyl (C=O) groups is 2. The Morgan fingerprint density at radius 2 is 2.04 bits per heavy atom. The molecule has 0 aliphatic rings. The van der Waals surface area contributed by atoms with Crippen molar-refractivity contribution >= 4 is 29.2 Å². The third kappa shape index (κ3) is 6.16. The molecule has 0 saturated heterocycles. The van der Waals surface area contributed by atoms with Gasteiger partial charge in [-0.1, -0.05) is 16.8 Å². The number of rotatable bonds is 9. The minimum absolute atomic E-state index is 0.0977. The number of nitrogens with zero attached hydrogens (tertiary/aromatic N) is 2. The average Bonchev–Trinajstić information content (AvgIpc) is 3.02. The fourth-order valence-corrected chi connectivity index (χ4v) is 2.44. The van der Waals surface area contributed by atoms with Gasteiger partial charge < -0.3 is 19.5 Å². The zero-order chi connectivity index (χ0) is 18.9. The van der Waals surface area contributed by atoms with Crippen LogP contribution in [0, 0.1) is 6.92 Å². The second-order valence-corrected chi connectivity index (χ2v) is 6.09. The van der Waals surface area contributed by atoms with E-state index < -0.39 is 0 Å². The van der Waals surface area contributed by atoms with Crippen molar-refractivity contribution in [3.05, 3.63) is 46.7 Å². The van der Waals surface area contributed by atoms with Crippen LogP contribution in [-0.4, -0.2) is 48.2 Å². The molecule has 0 saturated carbocycles. The molecule has 26 heavy (non-hydrogen) atoms. The predicted molar refractivity (Wildman–Crippen MR) is 98.3 cm³/mol. The highest BCUT2D eigenvalue weighted by Crippen LogP contribution is 2.13. The van der Waals surface area contributed by atoms with Crippen LogP contribution in [0.3, 0.4) is 0 Å². The quantitative estimate of drug-likeness (QED) is 0.676. The van der Waals surface area contributed by atoms with Crippen LogP contribution in [0.15, 0.2) is 34.9 Å². The maximum atomic E-state index is 12.7. The van der Waals surface area contributed by atoms with E-state index in [1.165, 1.54) is 4.90 Å². The summed E-state index contributed by atoms with van der Waals surface area (Å²) in [6.07, 6.45) is 0.628. The number of ether oxygens (including phenoxy) is 1. The van der Waals surface area contributed by atoms with Crippen LogP contribution in [-0.2, 0) is 9.53 Å². The number of aryl methyl sites for hydroxylation is 1. The second kappa shape index (κ2) is 9.94. The van der Waals surface area contributed by atoms with Gasteiger partial charge in [0.05, 0.1) is 0 Å². The number of nitrogens with one attached hydrogen (secondary N) is 1. The molecular formula is C18H22ClN3O4. The lowest BCUT2D eigenvalue weighted by atomic mass is 10.2. The summed E-state index contributed by atoms with van der Waals surface area (Å²) in [6.45, 7) is 5.06. The van der Waals surface area contributed by atoms with Gasteiger partial charge in [0.25, 0.3) is 5.91 Å². The summed E-state index contributed by atoms with van der Waals surface area (Å²) in [4.78, 5) is 26.5. The molecule has 0 atom stereocenters. The number of halogens is 1. The van der Waals surface area contributed by atoms with Gasteiger partial charge in [0.2, 0.25) is 5.91 Å². The first-order valence-corrected chi connectivity index (χ1v) is 8.73. The molecule has 0 unspecified atom stereocenters. The van der Waals surface area contributed by atoms with E-state index in [0.29, 0.717) is 48.3 Å². The topological polar surface area (TPSA) is 84.7 Å². The van der Waals surface area contributed by atoms with Gasteiger partial charge in [-0.3, -0.25) is 9.59 Å². The van der Waals surface area contributed by atoms with E-state index >= 15 is 0 Å². The second-order valence-electron chi connectivity index (χ2n) is 5.66. The lowest BCUT2D eigenvalue weighted by molar-refractivity contribution is -0.117. The van der Waals surface area contributed by atoms with Crippen LogP contribution in [0.4, 0.5) is 5.82 Å². The Morgan fingerprint density at radius 1 is 1.31 bits per heavy atom. The largest absolute Gasteiger partial charge is 0.382 e. The predicted octanol–water partition coefficient (Wildman–Crippen LogP) is 3.14. The maximum Gasteiger partial charge on any atom is 0.254 e. The molecule has 0 aliphatic carbocycles. The smallest absolute Gasteiger partial charge is 0.254 e. The Balaban J connectivity index is 2.02. The molecule has 2 aromatic rings. The summed E-state index contributed by atoms with van der Waals surface area (Å²) in [5.74, 6) is 0.313. The third-order valence-electron chi connectivity index (χ3n) is 3.53. The molecule has 1 heterocycles. The van der Waals surface area contributed by atoms with E-state index in [1.807, 2.05) is 6.92 Å². The summed E-state index contributed by atoms with van der Waals surface area (Å²) < 4.78 is 10.2. The molecular weight excluding hydrogens is 358 g/mol. The monoisotopic (exact) mass is 379 g/mol. The Hall–Kier alpha value is -2.38. The molecule has 1 aromatic carbocycles. The molecule has 2 rings (SSSR count). The molecule has 0 radical (unpaired) electrons. The first kappa shape index (κ1) is 19.9. The summed E-state index contributed by atoms with van der Waals surface area (Å²) in [7, 11) is 0. The number of hydrogen-bond acceptors (Lipinski definition) is 5. The number of amides is 2. The van der Waals surface area contributed by atoms with E-state index in [4.69, 9.17) is 20.9 Å². The molecule has 7 nitrogen and oxygen atoms in total. The molecule has 0 bridgehead atoms. The first-order chi connectivity index (χ1) is 12.5. The number of aromatic nitrogens is 1. The van der Waals surface area contributed by atoms with Gasteiger partial charge in [0.1, 0.15) is 12.3 Å². The van der Waals surface area contributed by atoms with Crippen molar-refractivity contribution in [1.29, 1.82) is 0 Å². The normalized spacial score (nSPS) is 10.6. The lowest BCUT2D eigenvalue weighted by Crippen LogP contribution is -2.39. The van der Waals surface area contributed by atoms with E-state index in [1.54, 1.807) is 37.3 Å². The highest BCUT2D eigenvalue weighted by atomic mass is 35.5. The zero-order valence-corrected chi connectivity index (χ0v) is 15.6. The standard InChI is InChI=1S/C18H22ClN3O4/c1-3-25-10-4-9-22(18(24)14-5-7-15(19)8-6-14)12-17(23)20-16-11-13(2)26-21-16/h5-8,11H,3-4,9-10,12H2,1-2H3,(H,20,21,23). The van der Waals surface area contributed by atoms with Gasteiger partial charge >= 0.3 is 0 Å². The van der Waals surface area contributed by atoms with Crippen molar-refractivity contribution < 1.29 is 18.8 Å². The molecule has 8 heteroatoms. The molecule has 1 N–H and O–H groups in total. The SMILES string of the molecule is CCOCCCN(CC(=O)Nc1cc(C)on1)C(=O)c1ccc(Cl)cc1. The Morgan fingerprint density at radius 3 is 2.65 bits per heavy atom. The van der Waals surface area contributed by atoms with Crippen LogP contribution < -0.4 is 5.32 Å². The Labute approximate surface area is 157 Å². The Kier molecular flexibility index (Phi) is 7.62. The van der Waals surface area contributed by atoms with Gasteiger partial charge in [-0.05, 0) is 44.5 Å². The van der Waals surface area contributed by atoms with Crippen LogP contribution in [0.2, 0.25) is 5.02 Å². The summed E-state index contributed by atoms with van der Waals surface area (Å²) in [5, 5.41) is 6.88. The molecule has 2 amide bonds. The summed E-state index contributed by atoms with van der Waals surface area (Å²) in [5.41, 5.74) is 0.468. The number of carbonyl (C=O) groups excluding carboxylic acids is 2. The van der Waals surface area contributed by atoms with Crippen LogP contribution >= 0.6 is 11.6 Å². The fourth-order valence-electron chi connectivity index (χ4n) is 2.31. The van der Waals surface area contributed by atoms with Crippen LogP contribution in [0.25, 0.3) is 0 Å². The van der Waals surface area contributed by atoms with Gasteiger partial charge in [-0.15, -0.1) is 0 Å². The average molecular weight is 380 g/mol. The van der Waals surface area contributed by atoms with Crippen LogP contribution in [0.5, 0.6) is 0 Å². The number of hydrogen-bond donors (Lipinski definition) is 1. The van der Waals surface area contributed by atoms with Crippen molar-refractivity contribution in [2.75, 3.05) is 31.6 Å². The first-order valence-electron chi connectivity index (χ1n) is 8.35. The minimum Gasteiger partial charge on any atom is -0.382 e. The van der Waals surface area contributed by atoms with Gasteiger partial charge in [-0.2, -0.15) is 0 Å². The lowest BCUT2D eigenvalue weighted by Gasteiger charge is -2.22. The van der Waals surface area contributed by atoms with E-state index in [9.17, 15) is 9.59 Å². The molecule has 0 aliphatic heterocycles. The third-order valence-corrected chi connectivity index (χ3v) is 3.78. The van der Waals surface area contributed by atoms with Crippen molar-refractivity contribution in [2.24, 2.45) is 0 Å². The van der Waals surface area contributed by atoms with Crippen molar-refractivity contribution in [1.82, 2.24) is 10.1 Å². The van der Waals surface area contributed by atoms with Gasteiger partial charge in [0, 0.05) is 36.4 Å². The number of benzene rings is 1. The number of anilines is 1. The highest BCUT2D eigenvalue weighted by molar-refractivity contribution is 6.30. The van der Waals surface area contributed by atoms with Crippen molar-refractivity contribution in [3.63, 3.8) is 0 Å². The molecule has 1 aromatic heterocycles. The van der Waals surface area contributed by atoms with Crippen LogP contribution in [0.1, 0.15) is 29.5 Å².